The summed E-state index contributed by atoms with van der Waals surface area (Å²) >= 11 is 0. The highest BCUT2D eigenvalue weighted by Gasteiger charge is 2.33. The number of nitrogens with one attached hydrogen (secondary N) is 1. The number of nitrogens with zero attached hydrogens (tertiary/aromatic N) is 2. The number of carbonyl (C=O) groups excluding carboxylic acids is 3. The summed E-state index contributed by atoms with van der Waals surface area (Å²) in [4.78, 5) is 44.4. The molecule has 6 heteroatoms. The molecule has 2 amide bonds. The quantitative estimate of drug-likeness (QED) is 0.828. The average molecular weight is 373 g/mol. The number of ketones is 1. The molecule has 0 aliphatic carbocycles. The first-order chi connectivity index (χ1) is 12.8. The summed E-state index contributed by atoms with van der Waals surface area (Å²) in [6, 6.07) is 0. The van der Waals surface area contributed by atoms with E-state index in [0.29, 0.717) is 43.1 Å². The number of aryl methyl sites for hydroxylation is 1. The molecular weight excluding hydrogens is 342 g/mol. The van der Waals surface area contributed by atoms with Gasteiger partial charge >= 0.3 is 0 Å². The molecular formula is C21H31N3O3. The summed E-state index contributed by atoms with van der Waals surface area (Å²) in [6.45, 7) is 10.3. The van der Waals surface area contributed by atoms with E-state index < -0.39 is 0 Å². The van der Waals surface area contributed by atoms with Crippen molar-refractivity contribution in [1.82, 2.24) is 14.8 Å². The summed E-state index contributed by atoms with van der Waals surface area (Å²) in [6.07, 6.45) is 3.73. The Morgan fingerprint density at radius 2 is 1.67 bits per heavy atom. The van der Waals surface area contributed by atoms with Crippen LogP contribution in [0.1, 0.15) is 71.6 Å². The van der Waals surface area contributed by atoms with Crippen molar-refractivity contribution in [2.45, 2.75) is 53.4 Å². The molecule has 2 aliphatic heterocycles. The van der Waals surface area contributed by atoms with Crippen LogP contribution in [0.25, 0.3) is 0 Å². The van der Waals surface area contributed by atoms with E-state index in [2.05, 4.69) is 11.9 Å². The Kier molecular flexibility index (Phi) is 5.72. The summed E-state index contributed by atoms with van der Waals surface area (Å²) in [5.74, 6) is 0.776. The molecule has 0 radical (unpaired) electrons. The van der Waals surface area contributed by atoms with Gasteiger partial charge in [0.15, 0.2) is 5.78 Å². The minimum atomic E-state index is -0.0689. The van der Waals surface area contributed by atoms with Crippen LogP contribution in [0.5, 0.6) is 0 Å². The monoisotopic (exact) mass is 373 g/mol. The van der Waals surface area contributed by atoms with Gasteiger partial charge in [0.1, 0.15) is 5.69 Å². The second-order valence-electron chi connectivity index (χ2n) is 8.28. The fourth-order valence-electron chi connectivity index (χ4n) is 4.63. The van der Waals surface area contributed by atoms with E-state index in [-0.39, 0.29) is 23.5 Å². The molecule has 1 aromatic rings. The third kappa shape index (κ3) is 3.94. The third-order valence-electron chi connectivity index (χ3n) is 6.10. The van der Waals surface area contributed by atoms with Crippen molar-refractivity contribution in [2.75, 3.05) is 26.2 Å². The van der Waals surface area contributed by atoms with Gasteiger partial charge in [-0.3, -0.25) is 14.4 Å². The zero-order valence-corrected chi connectivity index (χ0v) is 16.9. The van der Waals surface area contributed by atoms with Crippen LogP contribution in [-0.2, 0) is 4.79 Å². The maximum atomic E-state index is 12.9. The number of H-pyrrole nitrogens is 1. The Morgan fingerprint density at radius 3 is 2.22 bits per heavy atom. The molecule has 2 fully saturated rings. The van der Waals surface area contributed by atoms with Crippen LogP contribution in [0, 0.1) is 25.7 Å². The van der Waals surface area contributed by atoms with Crippen molar-refractivity contribution in [3.05, 3.63) is 22.5 Å². The Hall–Kier alpha value is -2.11. The number of hydrogen-bond donors (Lipinski definition) is 1. The number of likely N-dealkylation sites (tertiary alicyclic amines) is 2. The molecule has 1 N–H and O–H groups in total. The second kappa shape index (κ2) is 7.87. The standard InChI is InChI=1S/C21H31N3O3/c1-13-6-5-9-24(12-13)20(26)17-7-10-23(11-8-17)21(27)19-14(2)18(16(4)25)15(3)22-19/h13,17,22H,5-12H2,1-4H3. The molecule has 0 saturated carbocycles. The highest BCUT2D eigenvalue weighted by molar-refractivity contribution is 6.02. The Labute approximate surface area is 161 Å². The lowest BCUT2D eigenvalue weighted by Gasteiger charge is -2.37. The van der Waals surface area contributed by atoms with Crippen LogP contribution in [-0.4, -0.2) is 58.6 Å². The Balaban J connectivity index is 1.62. The summed E-state index contributed by atoms with van der Waals surface area (Å²) < 4.78 is 0. The molecule has 0 spiro atoms. The molecule has 2 saturated heterocycles. The van der Waals surface area contributed by atoms with E-state index in [1.807, 2.05) is 23.6 Å². The van der Waals surface area contributed by atoms with Gasteiger partial charge in [-0.05, 0) is 57.9 Å². The van der Waals surface area contributed by atoms with Crippen LogP contribution in [0.3, 0.4) is 0 Å². The highest BCUT2D eigenvalue weighted by Crippen LogP contribution is 2.26. The van der Waals surface area contributed by atoms with Crippen LogP contribution in [0.15, 0.2) is 0 Å². The molecule has 27 heavy (non-hydrogen) atoms. The molecule has 3 rings (SSSR count). The summed E-state index contributed by atoms with van der Waals surface area (Å²) in [5, 5.41) is 0. The zero-order valence-electron chi connectivity index (χ0n) is 16.9. The van der Waals surface area contributed by atoms with Crippen LogP contribution in [0.2, 0.25) is 0 Å². The van der Waals surface area contributed by atoms with Gasteiger partial charge in [-0.25, -0.2) is 0 Å². The first kappa shape index (κ1) is 19.6. The highest BCUT2D eigenvalue weighted by atomic mass is 16.2. The van der Waals surface area contributed by atoms with Gasteiger partial charge in [-0.15, -0.1) is 0 Å². The van der Waals surface area contributed by atoms with Gasteiger partial charge in [0.25, 0.3) is 5.91 Å². The van der Waals surface area contributed by atoms with Crippen LogP contribution in [0.4, 0.5) is 0 Å². The van der Waals surface area contributed by atoms with E-state index in [9.17, 15) is 14.4 Å². The van der Waals surface area contributed by atoms with Crippen molar-refractivity contribution >= 4 is 17.6 Å². The van der Waals surface area contributed by atoms with Gasteiger partial charge in [0.2, 0.25) is 5.91 Å². The van der Waals surface area contributed by atoms with Crippen molar-refractivity contribution in [3.63, 3.8) is 0 Å². The Morgan fingerprint density at radius 1 is 1.00 bits per heavy atom. The first-order valence-corrected chi connectivity index (χ1v) is 10.1. The van der Waals surface area contributed by atoms with E-state index >= 15 is 0 Å². The van der Waals surface area contributed by atoms with Gasteiger partial charge in [-0.1, -0.05) is 6.92 Å². The topological polar surface area (TPSA) is 73.5 Å². The van der Waals surface area contributed by atoms with E-state index in [1.165, 1.54) is 13.3 Å². The van der Waals surface area contributed by atoms with Gasteiger partial charge in [0.05, 0.1) is 0 Å². The summed E-state index contributed by atoms with van der Waals surface area (Å²) in [7, 11) is 0. The molecule has 2 aliphatic rings. The Bertz CT molecular complexity index is 744. The molecule has 1 unspecified atom stereocenters. The fourth-order valence-corrected chi connectivity index (χ4v) is 4.63. The van der Waals surface area contributed by atoms with E-state index in [4.69, 9.17) is 0 Å². The average Bonchev–Trinajstić information content (AvgIpc) is 2.95. The van der Waals surface area contributed by atoms with E-state index in [1.54, 1.807) is 0 Å². The number of aromatic amines is 1. The minimum absolute atomic E-state index is 0.0265. The minimum Gasteiger partial charge on any atom is -0.354 e. The first-order valence-electron chi connectivity index (χ1n) is 10.1. The number of aromatic nitrogens is 1. The van der Waals surface area contributed by atoms with Gasteiger partial charge in [-0.2, -0.15) is 0 Å². The van der Waals surface area contributed by atoms with Crippen molar-refractivity contribution in [3.8, 4) is 0 Å². The van der Waals surface area contributed by atoms with Crippen LogP contribution < -0.4 is 0 Å². The van der Waals surface area contributed by atoms with Gasteiger partial charge in [0, 0.05) is 43.4 Å². The normalized spacial score (nSPS) is 21.4. The van der Waals surface area contributed by atoms with Gasteiger partial charge < -0.3 is 14.8 Å². The summed E-state index contributed by atoms with van der Waals surface area (Å²) in [5.41, 5.74) is 2.59. The number of rotatable bonds is 3. The molecule has 148 valence electrons. The molecule has 6 nitrogen and oxygen atoms in total. The largest absolute Gasteiger partial charge is 0.354 e. The predicted octanol–water partition coefficient (Wildman–Crippen LogP) is 2.94. The maximum Gasteiger partial charge on any atom is 0.270 e. The van der Waals surface area contributed by atoms with Crippen molar-refractivity contribution < 1.29 is 14.4 Å². The van der Waals surface area contributed by atoms with E-state index in [0.717, 1.165) is 30.8 Å². The molecule has 0 aromatic carbocycles. The lowest BCUT2D eigenvalue weighted by Crippen LogP contribution is -2.47. The second-order valence-corrected chi connectivity index (χ2v) is 8.28. The predicted molar refractivity (Wildman–Crippen MR) is 104 cm³/mol. The SMILES string of the molecule is CC(=O)c1c(C)[nH]c(C(=O)N2CCC(C(=O)N3CCCC(C)C3)CC2)c1C. The number of piperidine rings is 2. The van der Waals surface area contributed by atoms with Crippen molar-refractivity contribution in [1.29, 1.82) is 0 Å². The molecule has 3 heterocycles. The number of carbonyl (C=O) groups is 3. The fraction of sp³-hybridized carbons (Fsp3) is 0.667. The zero-order chi connectivity index (χ0) is 19.7. The maximum absolute atomic E-state index is 12.9. The number of Topliss-reactive ketones (excluding diaryl/α,β-unsaturated/α-hetero) is 1. The lowest BCUT2D eigenvalue weighted by atomic mass is 9.92. The number of hydrogen-bond acceptors (Lipinski definition) is 3. The molecule has 0 bridgehead atoms. The molecule has 1 aromatic heterocycles. The number of amides is 2. The third-order valence-corrected chi connectivity index (χ3v) is 6.10. The van der Waals surface area contributed by atoms with Crippen molar-refractivity contribution in [2.24, 2.45) is 11.8 Å². The lowest BCUT2D eigenvalue weighted by molar-refractivity contribution is -0.138. The smallest absolute Gasteiger partial charge is 0.270 e. The molecule has 1 atom stereocenters. The van der Waals surface area contributed by atoms with Crippen LogP contribution >= 0.6 is 0 Å².